The van der Waals surface area contributed by atoms with E-state index in [4.69, 9.17) is 5.11 Å². The first-order valence-electron chi connectivity index (χ1n) is 7.91. The molecule has 1 atom stereocenters. The Kier molecular flexibility index (Phi) is 6.30. The van der Waals surface area contributed by atoms with Crippen molar-refractivity contribution in [3.63, 3.8) is 0 Å². The van der Waals surface area contributed by atoms with Crippen molar-refractivity contribution in [2.75, 3.05) is 10.6 Å². The molecule has 0 aliphatic rings. The van der Waals surface area contributed by atoms with E-state index in [1.165, 1.54) is 37.4 Å². The van der Waals surface area contributed by atoms with Crippen LogP contribution >= 0.6 is 0 Å². The smallest absolute Gasteiger partial charge is 0.335 e. The molecule has 2 N–H and O–H groups in total. The van der Waals surface area contributed by atoms with Gasteiger partial charge in [0.25, 0.3) is 5.91 Å². The monoisotopic (exact) mass is 389 g/mol. The van der Waals surface area contributed by atoms with E-state index in [1.807, 2.05) is 0 Å². The molecule has 0 radical (unpaired) electrons. The van der Waals surface area contributed by atoms with Crippen LogP contribution in [-0.2, 0) is 14.8 Å². The first-order valence-corrected chi connectivity index (χ1v) is 9.75. The second-order valence-corrected chi connectivity index (χ2v) is 7.59. The number of para-hydroxylation sites is 1. The first-order chi connectivity index (χ1) is 12.7. The number of hydrogen-bond donors (Lipinski definition) is 2. The largest absolute Gasteiger partial charge is 0.478 e. The molecule has 0 aliphatic carbocycles. The molecule has 0 saturated carbocycles. The number of carboxylic acid groups (broad SMARTS) is 1. The minimum atomic E-state index is -3.69. The molecule has 9 heteroatoms. The summed E-state index contributed by atoms with van der Waals surface area (Å²) >= 11 is 0. The normalized spacial score (nSPS) is 12.5. The summed E-state index contributed by atoms with van der Waals surface area (Å²) in [6.45, 7) is 1.46. The van der Waals surface area contributed by atoms with E-state index in [2.05, 4.69) is 10.5 Å². The Morgan fingerprint density at radius 3 is 2.22 bits per heavy atom. The predicted octanol–water partition coefficient (Wildman–Crippen LogP) is 1.69. The molecule has 0 saturated heterocycles. The van der Waals surface area contributed by atoms with Crippen LogP contribution in [0.2, 0.25) is 0 Å². The van der Waals surface area contributed by atoms with Gasteiger partial charge in [0.1, 0.15) is 6.04 Å². The zero-order chi connectivity index (χ0) is 20.0. The minimum absolute atomic E-state index is 0.136. The van der Waals surface area contributed by atoms with Crippen LogP contribution in [0.25, 0.3) is 0 Å². The highest BCUT2D eigenvalue weighted by Gasteiger charge is 2.28. The van der Waals surface area contributed by atoms with Crippen molar-refractivity contribution in [2.24, 2.45) is 5.10 Å². The molecule has 2 aromatic carbocycles. The molecular weight excluding hydrogens is 370 g/mol. The number of nitrogens with one attached hydrogen (secondary N) is 1. The van der Waals surface area contributed by atoms with Gasteiger partial charge < -0.3 is 5.11 Å². The Labute approximate surface area is 157 Å². The molecule has 0 spiro atoms. The summed E-state index contributed by atoms with van der Waals surface area (Å²) in [5, 5.41) is 12.7. The Balaban J connectivity index is 2.10. The summed E-state index contributed by atoms with van der Waals surface area (Å²) < 4.78 is 25.3. The number of rotatable bonds is 7. The molecule has 2 rings (SSSR count). The van der Waals surface area contributed by atoms with Crippen molar-refractivity contribution < 1.29 is 23.1 Å². The van der Waals surface area contributed by atoms with Gasteiger partial charge >= 0.3 is 5.97 Å². The number of benzene rings is 2. The summed E-state index contributed by atoms with van der Waals surface area (Å²) in [6.07, 6.45) is 2.36. The molecule has 0 aliphatic heterocycles. The molecule has 8 nitrogen and oxygen atoms in total. The Bertz CT molecular complexity index is 941. The summed E-state index contributed by atoms with van der Waals surface area (Å²) in [5.74, 6) is -1.65. The number of carbonyl (C=O) groups is 2. The SMILES string of the molecule is C[C@@H](C(=O)N/N=C\c1ccc(C(=O)O)cc1)N(c1ccccc1)S(C)(=O)=O. The molecule has 0 unspecified atom stereocenters. The first kappa shape index (κ1) is 20.1. The molecule has 2 aromatic rings. The van der Waals surface area contributed by atoms with Gasteiger partial charge in [0, 0.05) is 0 Å². The summed E-state index contributed by atoms with van der Waals surface area (Å²) in [7, 11) is -3.69. The van der Waals surface area contributed by atoms with E-state index in [9.17, 15) is 18.0 Å². The number of amides is 1. The van der Waals surface area contributed by atoms with Crippen LogP contribution in [0.1, 0.15) is 22.8 Å². The number of carboxylic acids is 1. The fraction of sp³-hybridized carbons (Fsp3) is 0.167. The average molecular weight is 389 g/mol. The van der Waals surface area contributed by atoms with Crippen molar-refractivity contribution in [3.8, 4) is 0 Å². The fourth-order valence-electron chi connectivity index (χ4n) is 2.36. The number of hydrazone groups is 1. The van der Waals surface area contributed by atoms with Crippen LogP contribution in [0.5, 0.6) is 0 Å². The van der Waals surface area contributed by atoms with Gasteiger partial charge in [-0.3, -0.25) is 9.10 Å². The highest BCUT2D eigenvalue weighted by Crippen LogP contribution is 2.20. The van der Waals surface area contributed by atoms with E-state index in [0.29, 0.717) is 11.3 Å². The number of sulfonamides is 1. The van der Waals surface area contributed by atoms with Crippen LogP contribution in [-0.4, -0.2) is 43.9 Å². The lowest BCUT2D eigenvalue weighted by atomic mass is 10.1. The summed E-state index contributed by atoms with van der Waals surface area (Å²) in [4.78, 5) is 23.1. The second-order valence-electron chi connectivity index (χ2n) is 5.73. The minimum Gasteiger partial charge on any atom is -0.478 e. The highest BCUT2D eigenvalue weighted by molar-refractivity contribution is 7.92. The average Bonchev–Trinajstić information content (AvgIpc) is 2.61. The number of hydrogen-bond acceptors (Lipinski definition) is 5. The van der Waals surface area contributed by atoms with Gasteiger partial charge in [0.15, 0.2) is 0 Å². The second kappa shape index (κ2) is 8.45. The fourth-order valence-corrected chi connectivity index (χ4v) is 3.53. The van der Waals surface area contributed by atoms with E-state index in [1.54, 1.807) is 30.3 Å². The van der Waals surface area contributed by atoms with Crippen molar-refractivity contribution in [1.29, 1.82) is 0 Å². The van der Waals surface area contributed by atoms with Crippen LogP contribution in [0.15, 0.2) is 59.7 Å². The standard InChI is InChI=1S/C18H19N3O5S/c1-13(21(27(2,25)26)16-6-4-3-5-7-16)17(22)20-19-12-14-8-10-15(11-9-14)18(23)24/h3-13H,1-2H3,(H,20,22)(H,23,24)/b19-12-/t13-/m0/s1. The lowest BCUT2D eigenvalue weighted by molar-refractivity contribution is -0.121. The van der Waals surface area contributed by atoms with Crippen LogP contribution in [0.4, 0.5) is 5.69 Å². The van der Waals surface area contributed by atoms with Gasteiger partial charge in [-0.2, -0.15) is 5.10 Å². The van der Waals surface area contributed by atoms with Crippen molar-refractivity contribution in [3.05, 3.63) is 65.7 Å². The molecule has 142 valence electrons. The van der Waals surface area contributed by atoms with E-state index >= 15 is 0 Å². The van der Waals surface area contributed by atoms with Crippen molar-refractivity contribution >= 4 is 33.8 Å². The third-order valence-electron chi connectivity index (χ3n) is 3.65. The van der Waals surface area contributed by atoms with Gasteiger partial charge in [-0.1, -0.05) is 30.3 Å². The third-order valence-corrected chi connectivity index (χ3v) is 4.89. The van der Waals surface area contributed by atoms with Gasteiger partial charge in [-0.25, -0.2) is 18.6 Å². The molecule has 1 amide bonds. The van der Waals surface area contributed by atoms with E-state index in [0.717, 1.165) is 10.6 Å². The maximum absolute atomic E-state index is 12.3. The van der Waals surface area contributed by atoms with Gasteiger partial charge in [0.2, 0.25) is 10.0 Å². The Hall–Kier alpha value is -3.20. The lowest BCUT2D eigenvalue weighted by Gasteiger charge is -2.27. The van der Waals surface area contributed by atoms with Crippen LogP contribution in [0.3, 0.4) is 0 Å². The van der Waals surface area contributed by atoms with Crippen molar-refractivity contribution in [1.82, 2.24) is 5.43 Å². The number of carbonyl (C=O) groups excluding carboxylic acids is 1. The molecular formula is C18H19N3O5S. The quantitative estimate of drug-likeness (QED) is 0.552. The topological polar surface area (TPSA) is 116 Å². The van der Waals surface area contributed by atoms with Crippen LogP contribution in [0, 0.1) is 0 Å². The highest BCUT2D eigenvalue weighted by atomic mass is 32.2. The van der Waals surface area contributed by atoms with Crippen molar-refractivity contribution in [2.45, 2.75) is 13.0 Å². The maximum atomic E-state index is 12.3. The summed E-state index contributed by atoms with van der Waals surface area (Å²) in [6, 6.07) is 13.2. The lowest BCUT2D eigenvalue weighted by Crippen LogP contribution is -2.46. The predicted molar refractivity (Wildman–Crippen MR) is 102 cm³/mol. The maximum Gasteiger partial charge on any atom is 0.335 e. The third kappa shape index (κ3) is 5.38. The summed E-state index contributed by atoms with van der Waals surface area (Å²) in [5.41, 5.74) is 3.39. The Morgan fingerprint density at radius 1 is 1.11 bits per heavy atom. The van der Waals surface area contributed by atoms with E-state index < -0.39 is 27.9 Å². The molecule has 0 fully saturated rings. The number of aromatic carboxylic acids is 1. The molecule has 27 heavy (non-hydrogen) atoms. The molecule has 0 heterocycles. The molecule has 0 bridgehead atoms. The van der Waals surface area contributed by atoms with Crippen LogP contribution < -0.4 is 9.73 Å². The Morgan fingerprint density at radius 2 is 1.70 bits per heavy atom. The number of nitrogens with zero attached hydrogens (tertiary/aromatic N) is 2. The van der Waals surface area contributed by atoms with E-state index in [-0.39, 0.29) is 5.56 Å². The zero-order valence-electron chi connectivity index (χ0n) is 14.7. The zero-order valence-corrected chi connectivity index (χ0v) is 15.6. The molecule has 0 aromatic heterocycles. The van der Waals surface area contributed by atoms with Gasteiger partial charge in [-0.15, -0.1) is 0 Å². The van der Waals surface area contributed by atoms with Gasteiger partial charge in [-0.05, 0) is 36.8 Å². The van der Waals surface area contributed by atoms with Gasteiger partial charge in [0.05, 0.1) is 23.7 Å². The number of anilines is 1.